The van der Waals surface area contributed by atoms with E-state index in [0.717, 1.165) is 64.0 Å². The van der Waals surface area contributed by atoms with Gasteiger partial charge in [-0.25, -0.2) is 4.79 Å². The first-order valence-electron chi connectivity index (χ1n) is 10.3. The molecule has 29 heavy (non-hydrogen) atoms. The number of nitrogens with one attached hydrogen (secondary N) is 2. The normalized spacial score (nSPS) is 23.7. The minimum atomic E-state index is -0.823. The number of carbonyl (C=O) groups is 1. The quantitative estimate of drug-likeness (QED) is 0.525. The molecule has 7 nitrogen and oxygen atoms in total. The summed E-state index contributed by atoms with van der Waals surface area (Å²) in [5.41, 5.74) is 14.1. The number of piperazine rings is 1. The summed E-state index contributed by atoms with van der Waals surface area (Å²) >= 11 is 12.5. The number of amides is 2. The van der Waals surface area contributed by atoms with Crippen LogP contribution in [0.3, 0.4) is 0 Å². The highest BCUT2D eigenvalue weighted by molar-refractivity contribution is 6.43. The molecule has 6 N–H and O–H groups in total. The third-order valence-corrected chi connectivity index (χ3v) is 6.97. The Morgan fingerprint density at radius 3 is 2.41 bits per heavy atom. The Morgan fingerprint density at radius 2 is 1.79 bits per heavy atom. The molecular formula is C20H32Cl2N6O. The van der Waals surface area contributed by atoms with Crippen molar-refractivity contribution in [2.75, 3.05) is 38.1 Å². The maximum atomic E-state index is 11.5. The van der Waals surface area contributed by atoms with Crippen LogP contribution in [0.2, 0.25) is 10.0 Å². The number of nitrogens with two attached hydrogens (primary N) is 2. The fourth-order valence-corrected chi connectivity index (χ4v) is 4.88. The summed E-state index contributed by atoms with van der Waals surface area (Å²) < 4.78 is 0. The second kappa shape index (κ2) is 9.71. The summed E-state index contributed by atoms with van der Waals surface area (Å²) in [6.07, 6.45) is 4.76. The topological polar surface area (TPSA) is 99.6 Å². The van der Waals surface area contributed by atoms with Gasteiger partial charge >= 0.3 is 6.03 Å². The van der Waals surface area contributed by atoms with Crippen LogP contribution in [0.4, 0.5) is 10.5 Å². The zero-order valence-electron chi connectivity index (χ0n) is 17.0. The summed E-state index contributed by atoms with van der Waals surface area (Å²) in [6.45, 7) is 3.17. The first-order valence-corrected chi connectivity index (χ1v) is 11.1. The molecule has 1 aromatic rings. The van der Waals surface area contributed by atoms with Gasteiger partial charge in [0, 0.05) is 39.3 Å². The molecule has 1 aliphatic heterocycles. The van der Waals surface area contributed by atoms with Crippen LogP contribution in [0, 0.1) is 5.92 Å². The van der Waals surface area contributed by atoms with Crippen molar-refractivity contribution in [3.05, 3.63) is 28.2 Å². The Labute approximate surface area is 183 Å². The minimum absolute atomic E-state index is 0.113. The van der Waals surface area contributed by atoms with Gasteiger partial charge in [-0.05, 0) is 50.2 Å². The van der Waals surface area contributed by atoms with Gasteiger partial charge in [0.15, 0.2) is 0 Å². The predicted octanol–water partition coefficient (Wildman–Crippen LogP) is 2.56. The SMILES string of the molecule is CNC(=O)NC1CCC(CC(N)(N)N2CCN(c3cccc(Cl)c3Cl)CC2)CC1. The molecule has 1 heterocycles. The Bertz CT molecular complexity index is 700. The lowest BCUT2D eigenvalue weighted by atomic mass is 9.82. The van der Waals surface area contributed by atoms with Gasteiger partial charge in [-0.15, -0.1) is 0 Å². The van der Waals surface area contributed by atoms with Gasteiger partial charge in [0.05, 0.1) is 15.7 Å². The van der Waals surface area contributed by atoms with Crippen molar-refractivity contribution in [2.45, 2.75) is 43.9 Å². The molecule has 0 spiro atoms. The van der Waals surface area contributed by atoms with E-state index in [0.29, 0.717) is 16.0 Å². The Balaban J connectivity index is 1.49. The lowest BCUT2D eigenvalue weighted by molar-refractivity contribution is 0.0574. The molecule has 3 rings (SSSR count). The maximum Gasteiger partial charge on any atom is 0.314 e. The van der Waals surface area contributed by atoms with Crippen LogP contribution in [-0.2, 0) is 0 Å². The molecule has 1 saturated carbocycles. The van der Waals surface area contributed by atoms with Gasteiger partial charge in [-0.2, -0.15) is 0 Å². The Hall–Kier alpha value is -1.25. The van der Waals surface area contributed by atoms with Crippen LogP contribution in [-0.4, -0.2) is 56.0 Å². The van der Waals surface area contributed by atoms with Crippen molar-refractivity contribution >= 4 is 34.9 Å². The minimum Gasteiger partial charge on any atom is -0.368 e. The van der Waals surface area contributed by atoms with Gasteiger partial charge in [0.25, 0.3) is 0 Å². The van der Waals surface area contributed by atoms with Crippen molar-refractivity contribution in [1.82, 2.24) is 15.5 Å². The van der Waals surface area contributed by atoms with E-state index >= 15 is 0 Å². The number of hydrogen-bond donors (Lipinski definition) is 4. The van der Waals surface area contributed by atoms with E-state index in [1.807, 2.05) is 12.1 Å². The van der Waals surface area contributed by atoms with Crippen molar-refractivity contribution < 1.29 is 4.79 Å². The van der Waals surface area contributed by atoms with Crippen LogP contribution in [0.1, 0.15) is 32.1 Å². The number of halogens is 2. The molecule has 0 bridgehead atoms. The van der Waals surface area contributed by atoms with E-state index in [1.165, 1.54) is 0 Å². The zero-order valence-corrected chi connectivity index (χ0v) is 18.5. The predicted molar refractivity (Wildman–Crippen MR) is 119 cm³/mol. The van der Waals surface area contributed by atoms with Crippen molar-refractivity contribution in [2.24, 2.45) is 17.4 Å². The second-order valence-corrected chi connectivity index (χ2v) is 8.97. The van der Waals surface area contributed by atoms with Gasteiger partial charge < -0.3 is 27.0 Å². The van der Waals surface area contributed by atoms with Crippen LogP contribution < -0.4 is 27.0 Å². The van der Waals surface area contributed by atoms with Crippen LogP contribution >= 0.6 is 23.2 Å². The fraction of sp³-hybridized carbons (Fsp3) is 0.650. The molecule has 1 saturated heterocycles. The van der Waals surface area contributed by atoms with Gasteiger partial charge in [0.2, 0.25) is 0 Å². The molecule has 2 fully saturated rings. The van der Waals surface area contributed by atoms with E-state index < -0.39 is 5.79 Å². The molecular weight excluding hydrogens is 411 g/mol. The second-order valence-electron chi connectivity index (χ2n) is 8.18. The summed E-state index contributed by atoms with van der Waals surface area (Å²) in [6, 6.07) is 5.84. The lowest BCUT2D eigenvalue weighted by Crippen LogP contribution is -2.68. The van der Waals surface area contributed by atoms with E-state index in [1.54, 1.807) is 13.1 Å². The van der Waals surface area contributed by atoms with Crippen LogP contribution in [0.15, 0.2) is 18.2 Å². The maximum absolute atomic E-state index is 11.5. The number of nitrogens with zero attached hydrogens (tertiary/aromatic N) is 2. The number of anilines is 1. The molecule has 0 atom stereocenters. The smallest absolute Gasteiger partial charge is 0.314 e. The zero-order chi connectivity index (χ0) is 21.0. The van der Waals surface area contributed by atoms with Crippen LogP contribution in [0.5, 0.6) is 0 Å². The average molecular weight is 443 g/mol. The molecule has 162 valence electrons. The summed E-state index contributed by atoms with van der Waals surface area (Å²) in [7, 11) is 1.64. The number of rotatable bonds is 5. The fourth-order valence-electron chi connectivity index (χ4n) is 4.46. The van der Waals surface area contributed by atoms with Crippen LogP contribution in [0.25, 0.3) is 0 Å². The summed E-state index contributed by atoms with van der Waals surface area (Å²) in [5.74, 6) is -0.344. The van der Waals surface area contributed by atoms with E-state index in [4.69, 9.17) is 34.7 Å². The first kappa shape index (κ1) is 22.4. The number of urea groups is 1. The molecule has 9 heteroatoms. The van der Waals surface area contributed by atoms with Crippen molar-refractivity contribution in [3.8, 4) is 0 Å². The molecule has 2 amide bonds. The monoisotopic (exact) mass is 442 g/mol. The largest absolute Gasteiger partial charge is 0.368 e. The molecule has 0 radical (unpaired) electrons. The van der Waals surface area contributed by atoms with Crippen molar-refractivity contribution in [3.63, 3.8) is 0 Å². The highest BCUT2D eigenvalue weighted by atomic mass is 35.5. The van der Waals surface area contributed by atoms with E-state index in [9.17, 15) is 4.79 Å². The average Bonchev–Trinajstić information content (AvgIpc) is 2.71. The standard InChI is InChI=1S/C20H32Cl2N6O/c1-25-19(29)26-15-7-5-14(6-8-15)13-20(23,24)28-11-9-27(10-12-28)17-4-2-3-16(21)18(17)22/h2-4,14-15H,5-13,23-24H2,1H3,(H2,25,26,29). The van der Waals surface area contributed by atoms with Gasteiger partial charge in [0.1, 0.15) is 5.79 Å². The highest BCUT2D eigenvalue weighted by Gasteiger charge is 2.35. The third-order valence-electron chi connectivity index (χ3n) is 6.17. The summed E-state index contributed by atoms with van der Waals surface area (Å²) in [5, 5.41) is 6.77. The molecule has 1 aromatic carbocycles. The third kappa shape index (κ3) is 5.67. The molecule has 2 aliphatic rings. The van der Waals surface area contributed by atoms with E-state index in [2.05, 4.69) is 20.4 Å². The Kier molecular flexibility index (Phi) is 7.51. The number of benzene rings is 1. The van der Waals surface area contributed by atoms with E-state index in [-0.39, 0.29) is 12.1 Å². The molecule has 0 aromatic heterocycles. The first-order chi connectivity index (χ1) is 13.8. The van der Waals surface area contributed by atoms with Crippen molar-refractivity contribution in [1.29, 1.82) is 0 Å². The van der Waals surface area contributed by atoms with Gasteiger partial charge in [-0.1, -0.05) is 29.3 Å². The lowest BCUT2D eigenvalue weighted by Gasteiger charge is -2.46. The Morgan fingerprint density at radius 1 is 1.14 bits per heavy atom. The summed E-state index contributed by atoms with van der Waals surface area (Å²) in [4.78, 5) is 15.9. The molecule has 1 aliphatic carbocycles. The highest BCUT2D eigenvalue weighted by Crippen LogP contribution is 2.34. The number of carbonyl (C=O) groups excluding carboxylic acids is 1. The van der Waals surface area contributed by atoms with Gasteiger partial charge in [-0.3, -0.25) is 4.90 Å². The number of hydrogen-bond acceptors (Lipinski definition) is 5. The molecule has 0 unspecified atom stereocenters.